The van der Waals surface area contributed by atoms with Gasteiger partial charge in [-0.05, 0) is 55.2 Å². The predicted molar refractivity (Wildman–Crippen MR) is 150 cm³/mol. The van der Waals surface area contributed by atoms with Crippen LogP contribution >= 0.6 is 11.6 Å². The maximum Gasteiger partial charge on any atom is 0.331 e. The van der Waals surface area contributed by atoms with Crippen molar-refractivity contribution in [2.24, 2.45) is 0 Å². The second-order valence-electron chi connectivity index (χ2n) is 8.94. The first-order chi connectivity index (χ1) is 18.4. The number of amides is 2. The van der Waals surface area contributed by atoms with Crippen LogP contribution in [0.4, 0.5) is 5.69 Å². The van der Waals surface area contributed by atoms with Crippen LogP contribution in [-0.4, -0.2) is 27.5 Å². The summed E-state index contributed by atoms with van der Waals surface area (Å²) in [5.74, 6) is -0.487. The van der Waals surface area contributed by atoms with Gasteiger partial charge in [0.15, 0.2) is 0 Å². The summed E-state index contributed by atoms with van der Waals surface area (Å²) in [6.07, 6.45) is 2.04. The topological polar surface area (TPSA) is 102 Å². The molecule has 0 radical (unpaired) electrons. The zero-order chi connectivity index (χ0) is 26.9. The van der Waals surface area contributed by atoms with E-state index < -0.39 is 17.2 Å². The number of hydrogen-bond donors (Lipinski definition) is 2. The Kier molecular flexibility index (Phi) is 9.11. The van der Waals surface area contributed by atoms with E-state index in [9.17, 15) is 19.2 Å². The largest absolute Gasteiger partial charge is 0.356 e. The molecule has 4 aromatic rings. The van der Waals surface area contributed by atoms with Gasteiger partial charge in [0.25, 0.3) is 5.56 Å². The van der Waals surface area contributed by atoms with Gasteiger partial charge in [-0.15, -0.1) is 0 Å². The molecule has 8 nitrogen and oxygen atoms in total. The highest BCUT2D eigenvalue weighted by Crippen LogP contribution is 2.15. The minimum atomic E-state index is -0.567. The van der Waals surface area contributed by atoms with Crippen molar-refractivity contribution in [3.05, 3.63) is 110 Å². The molecule has 0 unspecified atom stereocenters. The monoisotopic (exact) mass is 532 g/mol. The van der Waals surface area contributed by atoms with E-state index in [0.29, 0.717) is 47.4 Å². The molecule has 0 aliphatic carbocycles. The van der Waals surface area contributed by atoms with E-state index in [2.05, 4.69) is 10.6 Å². The van der Waals surface area contributed by atoms with Crippen LogP contribution in [0.5, 0.6) is 0 Å². The summed E-state index contributed by atoms with van der Waals surface area (Å²) in [6, 6.07) is 23.3. The van der Waals surface area contributed by atoms with Gasteiger partial charge >= 0.3 is 5.69 Å². The van der Waals surface area contributed by atoms with Crippen molar-refractivity contribution >= 4 is 40.0 Å². The molecule has 0 saturated carbocycles. The first kappa shape index (κ1) is 26.9. The number of rotatable bonds is 11. The third-order valence-corrected chi connectivity index (χ3v) is 6.39. The van der Waals surface area contributed by atoms with Crippen LogP contribution in [0.3, 0.4) is 0 Å². The lowest BCUT2D eigenvalue weighted by atomic mass is 10.1. The van der Waals surface area contributed by atoms with Crippen LogP contribution in [-0.2, 0) is 29.1 Å². The third kappa shape index (κ3) is 6.98. The van der Waals surface area contributed by atoms with E-state index in [1.165, 1.54) is 4.57 Å². The second kappa shape index (κ2) is 12.9. The molecule has 38 heavy (non-hydrogen) atoms. The molecule has 2 N–H and O–H groups in total. The van der Waals surface area contributed by atoms with Crippen molar-refractivity contribution < 1.29 is 9.59 Å². The molecule has 0 saturated heterocycles. The Morgan fingerprint density at radius 2 is 1.58 bits per heavy atom. The number of halogens is 1. The zero-order valence-corrected chi connectivity index (χ0v) is 21.6. The van der Waals surface area contributed by atoms with E-state index in [-0.39, 0.29) is 19.0 Å². The van der Waals surface area contributed by atoms with Crippen LogP contribution < -0.4 is 21.9 Å². The van der Waals surface area contributed by atoms with E-state index in [0.717, 1.165) is 16.6 Å². The summed E-state index contributed by atoms with van der Waals surface area (Å²) in [5, 5.41) is 6.46. The Bertz CT molecular complexity index is 1550. The highest BCUT2D eigenvalue weighted by molar-refractivity contribution is 6.30. The molecule has 0 aliphatic rings. The van der Waals surface area contributed by atoms with Crippen molar-refractivity contribution in [1.29, 1.82) is 0 Å². The Labute approximate surface area is 224 Å². The Morgan fingerprint density at radius 1 is 0.816 bits per heavy atom. The summed E-state index contributed by atoms with van der Waals surface area (Å²) >= 11 is 5.99. The van der Waals surface area contributed by atoms with E-state index in [4.69, 9.17) is 11.6 Å². The lowest BCUT2D eigenvalue weighted by Crippen LogP contribution is -2.41. The fourth-order valence-corrected chi connectivity index (χ4v) is 4.46. The highest BCUT2D eigenvalue weighted by Gasteiger charge is 2.15. The number of benzene rings is 3. The van der Waals surface area contributed by atoms with Crippen LogP contribution in [0.1, 0.15) is 24.8 Å². The summed E-state index contributed by atoms with van der Waals surface area (Å²) in [6.45, 7) is 0.431. The maximum absolute atomic E-state index is 13.3. The van der Waals surface area contributed by atoms with Crippen LogP contribution in [0, 0.1) is 0 Å². The van der Waals surface area contributed by atoms with Crippen molar-refractivity contribution in [3.8, 4) is 0 Å². The summed E-state index contributed by atoms with van der Waals surface area (Å²) < 4.78 is 2.44. The van der Waals surface area contributed by atoms with Crippen LogP contribution in [0.15, 0.2) is 88.5 Å². The molecule has 196 valence electrons. The molecule has 0 atom stereocenters. The van der Waals surface area contributed by atoms with Crippen molar-refractivity contribution in [2.45, 2.75) is 38.8 Å². The minimum absolute atomic E-state index is 0.0677. The van der Waals surface area contributed by atoms with Gasteiger partial charge in [-0.3, -0.25) is 23.5 Å². The smallest absolute Gasteiger partial charge is 0.331 e. The number of unbranched alkanes of at least 4 members (excludes halogenated alkanes) is 1. The SMILES string of the molecule is O=C(CCCCn1c(=O)c2ccccc2n(CC(=O)Nc2cccc(Cl)c2)c1=O)NCCc1ccccc1. The van der Waals surface area contributed by atoms with Gasteiger partial charge in [0, 0.05) is 30.2 Å². The molecule has 2 amide bonds. The normalized spacial score (nSPS) is 10.9. The van der Waals surface area contributed by atoms with Gasteiger partial charge in [0.1, 0.15) is 6.54 Å². The second-order valence-corrected chi connectivity index (χ2v) is 9.38. The minimum Gasteiger partial charge on any atom is -0.356 e. The number of fused-ring (bicyclic) bond motifs is 1. The summed E-state index contributed by atoms with van der Waals surface area (Å²) in [4.78, 5) is 51.3. The quantitative estimate of drug-likeness (QED) is 0.285. The number of nitrogens with one attached hydrogen (secondary N) is 2. The number of carbonyl (C=O) groups is 2. The maximum atomic E-state index is 13.3. The lowest BCUT2D eigenvalue weighted by molar-refractivity contribution is -0.121. The number of para-hydroxylation sites is 1. The highest BCUT2D eigenvalue weighted by atomic mass is 35.5. The molecule has 9 heteroatoms. The van der Waals surface area contributed by atoms with Crippen molar-refractivity contribution in [1.82, 2.24) is 14.5 Å². The average Bonchev–Trinajstić information content (AvgIpc) is 2.91. The molecule has 0 spiro atoms. The van der Waals surface area contributed by atoms with Crippen LogP contribution in [0.25, 0.3) is 10.9 Å². The molecule has 1 heterocycles. The molecule has 4 rings (SSSR count). The van der Waals surface area contributed by atoms with E-state index in [1.54, 1.807) is 48.5 Å². The molecular weight excluding hydrogens is 504 g/mol. The average molecular weight is 533 g/mol. The third-order valence-electron chi connectivity index (χ3n) is 6.16. The Balaban J connectivity index is 1.39. The molecular formula is C29H29ClN4O4. The molecule has 3 aromatic carbocycles. The number of hydrogen-bond acceptors (Lipinski definition) is 4. The van der Waals surface area contributed by atoms with Crippen molar-refractivity contribution in [2.75, 3.05) is 11.9 Å². The van der Waals surface area contributed by atoms with Gasteiger partial charge in [-0.1, -0.05) is 60.1 Å². The number of nitrogens with zero attached hydrogens (tertiary/aromatic N) is 2. The Hall–Kier alpha value is -4.17. The number of aromatic nitrogens is 2. The molecule has 1 aromatic heterocycles. The fourth-order valence-electron chi connectivity index (χ4n) is 4.27. The lowest BCUT2D eigenvalue weighted by Gasteiger charge is -2.14. The molecule has 0 fully saturated rings. The van der Waals surface area contributed by atoms with Gasteiger partial charge in [-0.2, -0.15) is 0 Å². The van der Waals surface area contributed by atoms with E-state index >= 15 is 0 Å². The van der Waals surface area contributed by atoms with Crippen LogP contribution in [0.2, 0.25) is 5.02 Å². The first-order valence-electron chi connectivity index (χ1n) is 12.5. The van der Waals surface area contributed by atoms with Gasteiger partial charge in [-0.25, -0.2) is 4.79 Å². The van der Waals surface area contributed by atoms with Gasteiger partial charge < -0.3 is 10.6 Å². The standard InChI is InChI=1S/C29H29ClN4O4/c30-22-11-8-12-23(19-22)32-27(36)20-34-25-14-5-4-13-24(25)28(37)33(29(34)38)18-7-6-15-26(35)31-17-16-21-9-2-1-3-10-21/h1-5,8-14,19H,6-7,15-18,20H2,(H,31,35)(H,32,36). The van der Waals surface area contributed by atoms with Gasteiger partial charge in [0.05, 0.1) is 10.9 Å². The molecule has 0 bridgehead atoms. The van der Waals surface area contributed by atoms with Crippen molar-refractivity contribution in [3.63, 3.8) is 0 Å². The summed E-state index contributed by atoms with van der Waals surface area (Å²) in [5.41, 5.74) is 1.07. The fraction of sp³-hybridized carbons (Fsp3) is 0.241. The van der Waals surface area contributed by atoms with E-state index in [1.807, 2.05) is 30.3 Å². The number of carbonyl (C=O) groups excluding carboxylic acids is 2. The summed E-state index contributed by atoms with van der Waals surface area (Å²) in [7, 11) is 0. The zero-order valence-electron chi connectivity index (χ0n) is 20.9. The Morgan fingerprint density at radius 3 is 2.37 bits per heavy atom. The predicted octanol–water partition coefficient (Wildman–Crippen LogP) is 3.98. The first-order valence-corrected chi connectivity index (χ1v) is 12.9. The van der Waals surface area contributed by atoms with Gasteiger partial charge in [0.2, 0.25) is 11.8 Å². The molecule has 0 aliphatic heterocycles. The number of anilines is 1.